The second-order valence-corrected chi connectivity index (χ2v) is 12.1. The predicted molar refractivity (Wildman–Crippen MR) is 143 cm³/mol. The van der Waals surface area contributed by atoms with Crippen LogP contribution in [0.2, 0.25) is 0 Å². The third kappa shape index (κ3) is 5.61. The van der Waals surface area contributed by atoms with Crippen LogP contribution in [0, 0.1) is 29.4 Å². The second kappa shape index (κ2) is 10.9. The summed E-state index contributed by atoms with van der Waals surface area (Å²) in [4.78, 5) is 36.6. The topological polar surface area (TPSA) is 130 Å². The summed E-state index contributed by atoms with van der Waals surface area (Å²) in [5, 5.41) is 14.1. The molecule has 3 aromatic carbocycles. The molecule has 1 saturated carbocycles. The first-order valence-corrected chi connectivity index (χ1v) is 14.2. The molecule has 14 heteroatoms. The Morgan fingerprint density at radius 1 is 0.884 bits per heavy atom. The van der Waals surface area contributed by atoms with Gasteiger partial charge in [0.05, 0.1) is 21.9 Å². The van der Waals surface area contributed by atoms with Crippen molar-refractivity contribution in [3.63, 3.8) is 0 Å². The van der Waals surface area contributed by atoms with E-state index < -0.39 is 67.2 Å². The monoisotopic (exact) mass is 620 g/mol. The number of anilines is 1. The Hall–Kier alpha value is -4.59. The average molecular weight is 621 g/mol. The maximum atomic E-state index is 14.8. The van der Waals surface area contributed by atoms with Gasteiger partial charge in [0.15, 0.2) is 0 Å². The SMILES string of the molecule is O=C(O)c1ccc(-c2cc(C(=O)NC3C4C=CC(C4)C3C(=O)Nc3cccc(S(=O)(=O)C(F)(F)F)c3)c(F)cc2F)cc1. The van der Waals surface area contributed by atoms with E-state index >= 15 is 0 Å². The maximum Gasteiger partial charge on any atom is 0.501 e. The highest BCUT2D eigenvalue weighted by atomic mass is 32.2. The summed E-state index contributed by atoms with van der Waals surface area (Å²) in [5.74, 6) is -6.69. The first-order valence-electron chi connectivity index (χ1n) is 12.7. The van der Waals surface area contributed by atoms with Gasteiger partial charge in [-0.1, -0.05) is 30.4 Å². The van der Waals surface area contributed by atoms with Gasteiger partial charge in [-0.2, -0.15) is 13.2 Å². The molecule has 0 radical (unpaired) electrons. The van der Waals surface area contributed by atoms with Gasteiger partial charge in [0.25, 0.3) is 15.7 Å². The zero-order chi connectivity index (χ0) is 31.3. The number of fused-ring (bicyclic) bond motifs is 2. The fraction of sp³-hybridized carbons (Fsp3) is 0.207. The fourth-order valence-corrected chi connectivity index (χ4v) is 6.25. The van der Waals surface area contributed by atoms with Crippen LogP contribution in [0.15, 0.2) is 77.7 Å². The van der Waals surface area contributed by atoms with Crippen molar-refractivity contribution in [2.45, 2.75) is 22.9 Å². The Balaban J connectivity index is 1.38. The third-order valence-electron chi connectivity index (χ3n) is 7.52. The largest absolute Gasteiger partial charge is 0.501 e. The Morgan fingerprint density at radius 2 is 1.56 bits per heavy atom. The minimum absolute atomic E-state index is 0.0633. The van der Waals surface area contributed by atoms with Gasteiger partial charge in [-0.15, -0.1) is 0 Å². The van der Waals surface area contributed by atoms with Crippen LogP contribution in [0.1, 0.15) is 27.1 Å². The predicted octanol–water partition coefficient (Wildman–Crippen LogP) is 5.18. The molecular weight excluding hydrogens is 599 g/mol. The number of rotatable bonds is 7. The Kier molecular flexibility index (Phi) is 7.59. The van der Waals surface area contributed by atoms with Crippen LogP contribution < -0.4 is 10.6 Å². The summed E-state index contributed by atoms with van der Waals surface area (Å²) in [6.07, 6.45) is 3.96. The molecule has 2 bridgehead atoms. The highest BCUT2D eigenvalue weighted by Gasteiger charge is 2.49. The van der Waals surface area contributed by atoms with Gasteiger partial charge in [0.2, 0.25) is 5.91 Å². The molecule has 2 aliphatic carbocycles. The van der Waals surface area contributed by atoms with E-state index in [1.807, 2.05) is 0 Å². The van der Waals surface area contributed by atoms with Gasteiger partial charge < -0.3 is 15.7 Å². The number of carbonyl (C=O) groups excluding carboxylic acids is 2. The number of carboxylic acid groups (broad SMARTS) is 1. The van der Waals surface area contributed by atoms with Crippen molar-refractivity contribution < 1.29 is 49.9 Å². The van der Waals surface area contributed by atoms with E-state index in [2.05, 4.69) is 10.6 Å². The Bertz CT molecular complexity index is 1770. The number of amides is 2. The molecular formula is C29H21F5N2O6S. The number of sulfone groups is 1. The number of nitrogens with one attached hydrogen (secondary N) is 2. The fourth-order valence-electron chi connectivity index (χ4n) is 5.44. The van der Waals surface area contributed by atoms with Gasteiger partial charge in [0.1, 0.15) is 11.6 Å². The van der Waals surface area contributed by atoms with Crippen molar-refractivity contribution >= 4 is 33.3 Å². The molecule has 2 aliphatic rings. The van der Waals surface area contributed by atoms with E-state index in [0.717, 1.165) is 18.2 Å². The van der Waals surface area contributed by atoms with Gasteiger partial charge in [0, 0.05) is 23.4 Å². The van der Waals surface area contributed by atoms with Crippen molar-refractivity contribution in [3.05, 3.63) is 95.6 Å². The standard InChI is InChI=1S/C29H21F5N2O6S/c30-22-13-23(31)21(12-20(22)14-4-6-15(7-5-14)28(39)40)26(37)36-25-17-9-8-16(10-17)24(25)27(38)35-18-2-1-3-19(11-18)43(41,42)29(32,33)34/h1-9,11-13,16-17,24-25H,10H2,(H,35,38)(H,36,37)(H,39,40). The second-order valence-electron chi connectivity index (χ2n) is 10.1. The van der Waals surface area contributed by atoms with Crippen molar-refractivity contribution in [1.29, 1.82) is 0 Å². The van der Waals surface area contributed by atoms with Gasteiger partial charge in [-0.3, -0.25) is 9.59 Å². The van der Waals surface area contributed by atoms with E-state index in [4.69, 9.17) is 5.11 Å². The molecule has 3 N–H and O–H groups in total. The maximum absolute atomic E-state index is 14.8. The summed E-state index contributed by atoms with van der Waals surface area (Å²) in [7, 11) is -5.66. The lowest BCUT2D eigenvalue weighted by Gasteiger charge is -2.28. The molecule has 224 valence electrons. The van der Waals surface area contributed by atoms with E-state index in [1.165, 1.54) is 30.3 Å². The number of carbonyl (C=O) groups is 3. The number of halogens is 5. The van der Waals surface area contributed by atoms with Crippen LogP contribution >= 0.6 is 0 Å². The lowest BCUT2D eigenvalue weighted by Crippen LogP contribution is -2.47. The molecule has 4 unspecified atom stereocenters. The summed E-state index contributed by atoms with van der Waals surface area (Å²) < 4.78 is 92.0. The molecule has 43 heavy (non-hydrogen) atoms. The Labute approximate surface area is 241 Å². The quantitative estimate of drug-likeness (QED) is 0.247. The van der Waals surface area contributed by atoms with Crippen LogP contribution in [0.25, 0.3) is 11.1 Å². The van der Waals surface area contributed by atoms with Crippen LogP contribution in [-0.4, -0.2) is 42.9 Å². The molecule has 0 heterocycles. The summed E-state index contributed by atoms with van der Waals surface area (Å²) >= 11 is 0. The smallest absolute Gasteiger partial charge is 0.478 e. The number of benzene rings is 3. The van der Waals surface area contributed by atoms with Gasteiger partial charge >= 0.3 is 11.5 Å². The zero-order valence-electron chi connectivity index (χ0n) is 21.7. The highest BCUT2D eigenvalue weighted by Crippen LogP contribution is 2.44. The third-order valence-corrected chi connectivity index (χ3v) is 9.00. The number of allylic oxidation sites excluding steroid dienone is 1. The molecule has 8 nitrogen and oxygen atoms in total. The minimum atomic E-state index is -5.66. The Morgan fingerprint density at radius 3 is 2.21 bits per heavy atom. The molecule has 1 fully saturated rings. The first kappa shape index (κ1) is 29.9. The number of hydrogen-bond acceptors (Lipinski definition) is 5. The van der Waals surface area contributed by atoms with Gasteiger partial charge in [-0.25, -0.2) is 22.0 Å². The van der Waals surface area contributed by atoms with Gasteiger partial charge in [-0.05, 0) is 60.2 Å². The molecule has 3 aromatic rings. The first-order chi connectivity index (χ1) is 20.2. The van der Waals surface area contributed by atoms with Crippen LogP contribution in [-0.2, 0) is 14.6 Å². The van der Waals surface area contributed by atoms with E-state index in [-0.39, 0.29) is 34.2 Å². The molecule has 5 rings (SSSR count). The van der Waals surface area contributed by atoms with Crippen LogP contribution in [0.3, 0.4) is 0 Å². The van der Waals surface area contributed by atoms with E-state index in [0.29, 0.717) is 18.6 Å². The molecule has 2 amide bonds. The van der Waals surface area contributed by atoms with Crippen molar-refractivity contribution in [1.82, 2.24) is 5.32 Å². The number of alkyl halides is 3. The normalized spacial score (nSPS) is 21.0. The molecule has 0 spiro atoms. The molecule has 0 aromatic heterocycles. The van der Waals surface area contributed by atoms with Crippen molar-refractivity contribution in [2.24, 2.45) is 17.8 Å². The average Bonchev–Trinajstić information content (AvgIpc) is 3.55. The lowest BCUT2D eigenvalue weighted by molar-refractivity contribution is -0.121. The van der Waals surface area contributed by atoms with E-state index in [1.54, 1.807) is 12.2 Å². The molecule has 4 atom stereocenters. The highest BCUT2D eigenvalue weighted by molar-refractivity contribution is 7.92. The zero-order valence-corrected chi connectivity index (χ0v) is 22.5. The van der Waals surface area contributed by atoms with Crippen molar-refractivity contribution in [2.75, 3.05) is 5.32 Å². The minimum Gasteiger partial charge on any atom is -0.478 e. The number of carboxylic acids is 1. The molecule has 0 aliphatic heterocycles. The number of hydrogen-bond donors (Lipinski definition) is 3. The summed E-state index contributed by atoms with van der Waals surface area (Å²) in [6.45, 7) is 0. The van der Waals surface area contributed by atoms with Crippen LogP contribution in [0.5, 0.6) is 0 Å². The molecule has 0 saturated heterocycles. The summed E-state index contributed by atoms with van der Waals surface area (Å²) in [6, 6.07) is 9.34. The van der Waals surface area contributed by atoms with E-state index in [9.17, 15) is 44.8 Å². The number of aromatic carboxylic acids is 1. The summed E-state index contributed by atoms with van der Waals surface area (Å²) in [5.41, 5.74) is -6.33. The van der Waals surface area contributed by atoms with Crippen LogP contribution in [0.4, 0.5) is 27.6 Å². The van der Waals surface area contributed by atoms with Crippen molar-refractivity contribution in [3.8, 4) is 11.1 Å². The lowest BCUT2D eigenvalue weighted by atomic mass is 9.87.